The molecule has 0 spiro atoms. The van der Waals surface area contributed by atoms with Gasteiger partial charge in [-0.05, 0) is 12.6 Å². The van der Waals surface area contributed by atoms with Gasteiger partial charge in [0.25, 0.3) is 0 Å². The van der Waals surface area contributed by atoms with Gasteiger partial charge in [-0.2, -0.15) is 18.3 Å². The second kappa shape index (κ2) is 5.62. The summed E-state index contributed by atoms with van der Waals surface area (Å²) >= 11 is 0. The van der Waals surface area contributed by atoms with Crippen LogP contribution in [-0.2, 0) is 13.2 Å². The highest BCUT2D eigenvalue weighted by Gasteiger charge is 2.35. The molecule has 0 aliphatic rings. The lowest BCUT2D eigenvalue weighted by atomic mass is 9.98. The fourth-order valence-corrected chi connectivity index (χ4v) is 2.10. The lowest BCUT2D eigenvalue weighted by Gasteiger charge is -2.21. The van der Waals surface area contributed by atoms with Gasteiger partial charge in [0.15, 0.2) is 0 Å². The van der Waals surface area contributed by atoms with Gasteiger partial charge in [0.2, 0.25) is 0 Å². The zero-order valence-corrected chi connectivity index (χ0v) is 11.1. The molecule has 0 aliphatic heterocycles. The Morgan fingerprint density at radius 3 is 2.65 bits per heavy atom. The van der Waals surface area contributed by atoms with Crippen LogP contribution in [0.15, 0.2) is 30.9 Å². The molecular formula is C13H15F3N4. The zero-order chi connectivity index (χ0) is 14.8. The number of nitrogens with one attached hydrogen (secondary N) is 1. The van der Waals surface area contributed by atoms with Crippen LogP contribution in [0.2, 0.25) is 0 Å². The Labute approximate surface area is 114 Å². The first-order valence-corrected chi connectivity index (χ1v) is 6.16. The van der Waals surface area contributed by atoms with E-state index in [9.17, 15) is 13.2 Å². The van der Waals surface area contributed by atoms with Crippen molar-refractivity contribution in [3.05, 3.63) is 47.5 Å². The van der Waals surface area contributed by atoms with Crippen molar-refractivity contribution < 1.29 is 13.2 Å². The third-order valence-electron chi connectivity index (χ3n) is 2.93. The maximum absolute atomic E-state index is 13.1. The molecule has 0 amide bonds. The number of pyridine rings is 1. The van der Waals surface area contributed by atoms with Crippen molar-refractivity contribution in [2.24, 2.45) is 7.05 Å². The molecule has 1 unspecified atom stereocenters. The topological polar surface area (TPSA) is 42.7 Å². The summed E-state index contributed by atoms with van der Waals surface area (Å²) in [5, 5.41) is 7.06. The predicted octanol–water partition coefficient (Wildman–Crippen LogP) is 2.53. The Morgan fingerprint density at radius 2 is 2.10 bits per heavy atom. The molecule has 0 saturated carbocycles. The summed E-state index contributed by atoms with van der Waals surface area (Å²) in [6, 6.07) is 0.412. The van der Waals surface area contributed by atoms with Gasteiger partial charge in [0, 0.05) is 36.8 Å². The van der Waals surface area contributed by atoms with Crippen molar-refractivity contribution in [2.75, 3.05) is 6.54 Å². The van der Waals surface area contributed by atoms with Crippen molar-refractivity contribution in [2.45, 2.75) is 19.1 Å². The van der Waals surface area contributed by atoms with E-state index in [4.69, 9.17) is 0 Å². The van der Waals surface area contributed by atoms with Gasteiger partial charge in [0.05, 0.1) is 17.8 Å². The number of aromatic nitrogens is 3. The highest BCUT2D eigenvalue weighted by Crippen LogP contribution is 2.35. The van der Waals surface area contributed by atoms with Crippen molar-refractivity contribution >= 4 is 0 Å². The van der Waals surface area contributed by atoms with Crippen LogP contribution in [0.3, 0.4) is 0 Å². The predicted molar refractivity (Wildman–Crippen MR) is 68.0 cm³/mol. The number of alkyl halides is 3. The van der Waals surface area contributed by atoms with Gasteiger partial charge in [-0.3, -0.25) is 9.67 Å². The van der Waals surface area contributed by atoms with Crippen LogP contribution in [0.4, 0.5) is 13.2 Å². The molecule has 1 N–H and O–H groups in total. The summed E-state index contributed by atoms with van der Waals surface area (Å²) in [6.45, 7) is 2.37. The SMILES string of the molecule is CCNC(c1cnn(C)c1)c1cnccc1C(F)(F)F. The first-order chi connectivity index (χ1) is 9.43. The number of nitrogens with zero attached hydrogens (tertiary/aromatic N) is 3. The quantitative estimate of drug-likeness (QED) is 0.938. The first kappa shape index (κ1) is 14.5. The minimum atomic E-state index is -4.41. The van der Waals surface area contributed by atoms with Gasteiger partial charge in [-0.15, -0.1) is 0 Å². The highest BCUT2D eigenvalue weighted by atomic mass is 19.4. The summed E-state index contributed by atoms with van der Waals surface area (Å²) in [4.78, 5) is 3.83. The van der Waals surface area contributed by atoms with E-state index in [-0.39, 0.29) is 5.56 Å². The molecule has 20 heavy (non-hydrogen) atoms. The second-order valence-corrected chi connectivity index (χ2v) is 4.40. The minimum absolute atomic E-state index is 0.106. The third kappa shape index (κ3) is 2.98. The molecule has 7 heteroatoms. The summed E-state index contributed by atoms with van der Waals surface area (Å²) in [5.74, 6) is 0. The smallest absolute Gasteiger partial charge is 0.306 e. The van der Waals surface area contributed by atoms with Crippen LogP contribution in [0.25, 0.3) is 0 Å². The summed E-state index contributed by atoms with van der Waals surface area (Å²) in [7, 11) is 1.72. The molecule has 108 valence electrons. The average molecular weight is 284 g/mol. The number of rotatable bonds is 4. The monoisotopic (exact) mass is 284 g/mol. The molecule has 2 aromatic rings. The fraction of sp³-hybridized carbons (Fsp3) is 0.385. The van der Waals surface area contributed by atoms with Crippen LogP contribution in [0.1, 0.15) is 29.7 Å². The van der Waals surface area contributed by atoms with Gasteiger partial charge in [-0.25, -0.2) is 0 Å². The van der Waals surface area contributed by atoms with Gasteiger partial charge >= 0.3 is 6.18 Å². The standard InChI is InChI=1S/C13H15F3N4/c1-3-18-12(9-6-19-20(2)8-9)10-7-17-5-4-11(10)13(14,15)16/h4-8,12,18H,3H2,1-2H3. The normalized spacial score (nSPS) is 13.4. The van der Waals surface area contributed by atoms with E-state index in [0.717, 1.165) is 12.3 Å². The first-order valence-electron chi connectivity index (χ1n) is 6.16. The molecule has 1 atom stereocenters. The maximum atomic E-state index is 13.1. The van der Waals surface area contributed by atoms with Crippen LogP contribution < -0.4 is 5.32 Å². The number of hydrogen-bond acceptors (Lipinski definition) is 3. The fourth-order valence-electron chi connectivity index (χ4n) is 2.10. The average Bonchev–Trinajstić information content (AvgIpc) is 2.81. The maximum Gasteiger partial charge on any atom is 0.416 e. The summed E-state index contributed by atoms with van der Waals surface area (Å²) in [5.41, 5.74) is 0.102. The van der Waals surface area contributed by atoms with E-state index >= 15 is 0 Å². The molecule has 0 aromatic carbocycles. The van der Waals surface area contributed by atoms with Crippen molar-refractivity contribution in [1.29, 1.82) is 0 Å². The van der Waals surface area contributed by atoms with Crippen LogP contribution in [0.5, 0.6) is 0 Å². The van der Waals surface area contributed by atoms with Crippen LogP contribution >= 0.6 is 0 Å². The zero-order valence-electron chi connectivity index (χ0n) is 11.1. The van der Waals surface area contributed by atoms with Gasteiger partial charge < -0.3 is 5.32 Å². The number of aryl methyl sites for hydroxylation is 1. The van der Waals surface area contributed by atoms with E-state index in [1.807, 2.05) is 6.92 Å². The molecule has 0 bridgehead atoms. The van der Waals surface area contributed by atoms with E-state index in [2.05, 4.69) is 15.4 Å². The number of hydrogen-bond donors (Lipinski definition) is 1. The Hall–Kier alpha value is -1.89. The van der Waals surface area contributed by atoms with Gasteiger partial charge in [0.1, 0.15) is 0 Å². The van der Waals surface area contributed by atoms with Crippen molar-refractivity contribution in [3.8, 4) is 0 Å². The third-order valence-corrected chi connectivity index (χ3v) is 2.93. The second-order valence-electron chi connectivity index (χ2n) is 4.40. The molecule has 0 radical (unpaired) electrons. The minimum Gasteiger partial charge on any atom is -0.306 e. The van der Waals surface area contributed by atoms with E-state index < -0.39 is 17.8 Å². The Kier molecular flexibility index (Phi) is 4.08. The summed E-state index contributed by atoms with van der Waals surface area (Å²) in [6.07, 6.45) is 1.25. The van der Waals surface area contributed by atoms with Crippen LogP contribution in [-0.4, -0.2) is 21.3 Å². The molecule has 0 saturated heterocycles. The van der Waals surface area contributed by atoms with E-state index in [0.29, 0.717) is 12.1 Å². The van der Waals surface area contributed by atoms with Crippen molar-refractivity contribution in [1.82, 2.24) is 20.1 Å². The molecule has 0 fully saturated rings. The molecule has 4 nitrogen and oxygen atoms in total. The number of halogens is 3. The molecule has 2 rings (SSSR count). The van der Waals surface area contributed by atoms with E-state index in [1.54, 1.807) is 24.1 Å². The Morgan fingerprint density at radius 1 is 1.35 bits per heavy atom. The van der Waals surface area contributed by atoms with E-state index in [1.165, 1.54) is 6.20 Å². The molecule has 2 heterocycles. The Bertz CT molecular complexity index is 577. The lowest BCUT2D eigenvalue weighted by Crippen LogP contribution is -2.25. The van der Waals surface area contributed by atoms with Crippen molar-refractivity contribution in [3.63, 3.8) is 0 Å². The molecule has 2 aromatic heterocycles. The largest absolute Gasteiger partial charge is 0.416 e. The van der Waals surface area contributed by atoms with Gasteiger partial charge in [-0.1, -0.05) is 6.92 Å². The highest BCUT2D eigenvalue weighted by molar-refractivity contribution is 5.35. The lowest BCUT2D eigenvalue weighted by molar-refractivity contribution is -0.138. The molecule has 0 aliphatic carbocycles. The summed E-state index contributed by atoms with van der Waals surface area (Å²) < 4.78 is 40.8. The van der Waals surface area contributed by atoms with Crippen LogP contribution in [0, 0.1) is 0 Å². The molecular weight excluding hydrogens is 269 g/mol. The Balaban J connectivity index is 2.50.